The average molecular weight is 419 g/mol. The summed E-state index contributed by atoms with van der Waals surface area (Å²) in [5, 5.41) is 0.431. The van der Waals surface area contributed by atoms with Crippen LogP contribution in [0.1, 0.15) is 46.1 Å². The lowest BCUT2D eigenvalue weighted by atomic mass is 10.0. The van der Waals surface area contributed by atoms with Crippen molar-refractivity contribution in [3.8, 4) is 0 Å². The summed E-state index contributed by atoms with van der Waals surface area (Å²) < 4.78 is 5.42. The lowest BCUT2D eigenvalue weighted by Gasteiger charge is -2.40. The van der Waals surface area contributed by atoms with Crippen LogP contribution >= 0.6 is 11.6 Å². The van der Waals surface area contributed by atoms with Gasteiger partial charge in [0.15, 0.2) is 0 Å². The van der Waals surface area contributed by atoms with Gasteiger partial charge in [-0.15, -0.1) is 0 Å². The minimum Gasteiger partial charge on any atom is -0.446 e. The van der Waals surface area contributed by atoms with Crippen LogP contribution in [0, 0.1) is 0 Å². The van der Waals surface area contributed by atoms with Gasteiger partial charge in [0.1, 0.15) is 0 Å². The molecule has 1 aromatic carbocycles. The number of hydrogen-bond acceptors (Lipinski definition) is 5. The number of hydrogen-bond donors (Lipinski definition) is 1. The number of nitrogens with two attached hydrogens (primary N) is 1. The van der Waals surface area contributed by atoms with E-state index >= 15 is 0 Å². The molecule has 0 unspecified atom stereocenters. The van der Waals surface area contributed by atoms with Crippen molar-refractivity contribution >= 4 is 46.8 Å². The molecule has 0 spiro atoms. The number of carbonyl (C=O) groups is 2. The number of allylic oxidation sites excluding steroid dienone is 1. The predicted molar refractivity (Wildman–Crippen MR) is 117 cm³/mol. The third-order valence-electron chi connectivity index (χ3n) is 4.86. The Balaban J connectivity index is 2.09. The van der Waals surface area contributed by atoms with Crippen LogP contribution in [-0.2, 0) is 9.53 Å². The van der Waals surface area contributed by atoms with Gasteiger partial charge in [0, 0.05) is 37.0 Å². The fraction of sp³-hybridized carbons (Fsp3) is 0.476. The summed E-state index contributed by atoms with van der Waals surface area (Å²) in [6.07, 6.45) is 4.60. The van der Waals surface area contributed by atoms with Crippen LogP contribution in [0.15, 0.2) is 23.3 Å². The molecule has 1 saturated carbocycles. The second kappa shape index (κ2) is 8.45. The largest absolute Gasteiger partial charge is 0.446 e. The van der Waals surface area contributed by atoms with Crippen LogP contribution in [0.4, 0.5) is 16.2 Å². The number of rotatable bonds is 4. The Kier molecular flexibility index (Phi) is 6.17. The summed E-state index contributed by atoms with van der Waals surface area (Å²) in [6, 6.07) is 3.60. The van der Waals surface area contributed by atoms with Crippen molar-refractivity contribution in [2.75, 3.05) is 16.3 Å². The number of nitrogens with zero attached hydrogens (tertiary/aromatic N) is 3. The summed E-state index contributed by atoms with van der Waals surface area (Å²) in [7, 11) is 0. The normalized spacial score (nSPS) is 19.7. The van der Waals surface area contributed by atoms with Crippen molar-refractivity contribution in [1.29, 1.82) is 0 Å². The summed E-state index contributed by atoms with van der Waals surface area (Å²) in [4.78, 5) is 32.7. The predicted octanol–water partition coefficient (Wildman–Crippen LogP) is 3.98. The third-order valence-corrected chi connectivity index (χ3v) is 5.17. The van der Waals surface area contributed by atoms with E-state index in [2.05, 4.69) is 4.99 Å². The van der Waals surface area contributed by atoms with Crippen LogP contribution in [0.2, 0.25) is 5.02 Å². The Morgan fingerprint density at radius 1 is 1.31 bits per heavy atom. The zero-order chi connectivity index (χ0) is 21.3. The molecule has 1 aliphatic carbocycles. The molecule has 29 heavy (non-hydrogen) atoms. The highest BCUT2D eigenvalue weighted by Crippen LogP contribution is 2.41. The number of aliphatic imine (C=N–C) groups is 1. The monoisotopic (exact) mass is 418 g/mol. The maximum Gasteiger partial charge on any atom is 0.414 e. The van der Waals surface area contributed by atoms with E-state index in [1.165, 1.54) is 13.1 Å². The Bertz CT molecular complexity index is 877. The highest BCUT2D eigenvalue weighted by atomic mass is 35.5. The van der Waals surface area contributed by atoms with Crippen LogP contribution in [0.5, 0.6) is 0 Å². The van der Waals surface area contributed by atoms with Gasteiger partial charge < -0.3 is 15.4 Å². The second-order valence-electron chi connectivity index (χ2n) is 7.73. The Hall–Kier alpha value is -2.54. The van der Waals surface area contributed by atoms with Crippen molar-refractivity contribution in [1.82, 2.24) is 0 Å². The van der Waals surface area contributed by atoms with E-state index in [4.69, 9.17) is 22.1 Å². The highest BCUT2D eigenvalue weighted by molar-refractivity contribution is 6.34. The molecule has 3 rings (SSSR count). The summed E-state index contributed by atoms with van der Waals surface area (Å²) in [5.41, 5.74) is 8.27. The zero-order valence-electron chi connectivity index (χ0n) is 17.2. The van der Waals surface area contributed by atoms with Crippen molar-refractivity contribution in [2.45, 2.75) is 58.7 Å². The molecule has 1 aliphatic heterocycles. The maximum absolute atomic E-state index is 12.8. The van der Waals surface area contributed by atoms with Gasteiger partial charge in [-0.05, 0) is 45.7 Å². The van der Waals surface area contributed by atoms with E-state index in [1.807, 2.05) is 6.92 Å². The molecule has 1 fully saturated rings. The highest BCUT2D eigenvalue weighted by Gasteiger charge is 2.35. The van der Waals surface area contributed by atoms with E-state index in [0.717, 1.165) is 12.8 Å². The smallest absolute Gasteiger partial charge is 0.414 e. The van der Waals surface area contributed by atoms with Crippen LogP contribution in [0.25, 0.3) is 5.57 Å². The summed E-state index contributed by atoms with van der Waals surface area (Å²) in [5.74, 6) is -0.121. The number of carbonyl (C=O) groups excluding carboxylic acids is 2. The van der Waals surface area contributed by atoms with Gasteiger partial charge in [0.2, 0.25) is 5.91 Å². The molecule has 2 aliphatic rings. The van der Waals surface area contributed by atoms with Crippen LogP contribution in [-0.4, -0.2) is 42.9 Å². The number of ether oxygens (including phenoxy) is 1. The van der Waals surface area contributed by atoms with Gasteiger partial charge in [-0.2, -0.15) is 0 Å². The van der Waals surface area contributed by atoms with Crippen molar-refractivity contribution in [3.63, 3.8) is 0 Å². The van der Waals surface area contributed by atoms with Crippen molar-refractivity contribution in [2.24, 2.45) is 10.7 Å². The maximum atomic E-state index is 12.8. The Morgan fingerprint density at radius 3 is 2.55 bits per heavy atom. The molecular formula is C21H27ClN4O3. The molecule has 1 heterocycles. The molecular weight excluding hydrogens is 392 g/mol. The standard InChI is InChI=1S/C21H27ClN4O3/c1-12(2)29-21(28)25-11-13(3)26(14(4)27)20-8-18(22)17(7-19(20)25)15(9-23)10-24-16-5-6-16/h7-10,12-13,16H,5-6,11,23H2,1-4H3/t13-/m0/s1. The second-order valence-corrected chi connectivity index (χ2v) is 8.14. The van der Waals surface area contributed by atoms with E-state index in [1.54, 1.807) is 42.0 Å². The minimum atomic E-state index is -0.463. The quantitative estimate of drug-likeness (QED) is 0.749. The third kappa shape index (κ3) is 4.56. The first-order chi connectivity index (χ1) is 13.7. The van der Waals surface area contributed by atoms with E-state index in [0.29, 0.717) is 40.1 Å². The van der Waals surface area contributed by atoms with Gasteiger partial charge in [-0.1, -0.05) is 11.6 Å². The van der Waals surface area contributed by atoms with E-state index in [9.17, 15) is 9.59 Å². The van der Waals surface area contributed by atoms with Gasteiger partial charge in [0.05, 0.1) is 34.6 Å². The van der Waals surface area contributed by atoms with Crippen molar-refractivity contribution < 1.29 is 14.3 Å². The zero-order valence-corrected chi connectivity index (χ0v) is 17.9. The summed E-state index contributed by atoms with van der Waals surface area (Å²) in [6.45, 7) is 7.29. The van der Waals surface area contributed by atoms with Gasteiger partial charge >= 0.3 is 6.09 Å². The van der Waals surface area contributed by atoms with Gasteiger partial charge in [0.25, 0.3) is 0 Å². The van der Waals surface area contributed by atoms with Gasteiger partial charge in [-0.3, -0.25) is 14.7 Å². The molecule has 2 N–H and O–H groups in total. The Labute approximate surface area is 176 Å². The number of anilines is 2. The average Bonchev–Trinajstić information content (AvgIpc) is 3.45. The van der Waals surface area contributed by atoms with E-state index in [-0.39, 0.29) is 18.1 Å². The topological polar surface area (TPSA) is 88.2 Å². The lowest BCUT2D eigenvalue weighted by Crippen LogP contribution is -2.51. The first-order valence-corrected chi connectivity index (χ1v) is 10.2. The molecule has 8 heteroatoms. The minimum absolute atomic E-state index is 0.121. The number of benzene rings is 1. The molecule has 2 amide bonds. The van der Waals surface area contributed by atoms with E-state index < -0.39 is 6.09 Å². The first kappa shape index (κ1) is 21.2. The number of halogens is 1. The fourth-order valence-corrected chi connectivity index (χ4v) is 3.66. The van der Waals surface area contributed by atoms with Gasteiger partial charge in [-0.25, -0.2) is 4.79 Å². The van der Waals surface area contributed by atoms with Crippen molar-refractivity contribution in [3.05, 3.63) is 28.9 Å². The number of fused-ring (bicyclic) bond motifs is 1. The molecule has 0 bridgehead atoms. The summed E-state index contributed by atoms with van der Waals surface area (Å²) >= 11 is 6.56. The lowest BCUT2D eigenvalue weighted by molar-refractivity contribution is -0.117. The molecule has 1 aromatic rings. The Morgan fingerprint density at radius 2 is 2.00 bits per heavy atom. The molecule has 7 nitrogen and oxygen atoms in total. The molecule has 0 saturated heterocycles. The molecule has 156 valence electrons. The molecule has 1 atom stereocenters. The first-order valence-electron chi connectivity index (χ1n) is 9.79. The van der Waals surface area contributed by atoms with Crippen LogP contribution in [0.3, 0.4) is 0 Å². The van der Waals surface area contributed by atoms with Crippen LogP contribution < -0.4 is 15.5 Å². The fourth-order valence-electron chi connectivity index (χ4n) is 3.39. The number of amides is 2. The molecule has 0 radical (unpaired) electrons. The molecule has 0 aromatic heterocycles. The SMILES string of the molecule is CC(=O)N1c2cc(Cl)c(C(C=NC3CC3)=CN)cc2N(C(=O)OC(C)C)C[C@@H]1C.